The van der Waals surface area contributed by atoms with Gasteiger partial charge in [-0.25, -0.2) is 0 Å². The number of amides is 2. The lowest BCUT2D eigenvalue weighted by molar-refractivity contribution is -0.136. The van der Waals surface area contributed by atoms with Gasteiger partial charge in [-0.2, -0.15) is 0 Å². The molecule has 7 heteroatoms. The van der Waals surface area contributed by atoms with E-state index in [9.17, 15) is 9.59 Å². The summed E-state index contributed by atoms with van der Waals surface area (Å²) in [4.78, 5) is 26.9. The van der Waals surface area contributed by atoms with Crippen LogP contribution in [0.2, 0.25) is 0 Å². The molecule has 2 amide bonds. The van der Waals surface area contributed by atoms with Gasteiger partial charge in [-0.15, -0.1) is 0 Å². The smallest absolute Gasteiger partial charge is 0.273 e. The molecule has 1 aromatic heterocycles. The molecule has 0 spiro atoms. The fourth-order valence-electron chi connectivity index (χ4n) is 3.63. The Kier molecular flexibility index (Phi) is 5.96. The van der Waals surface area contributed by atoms with Crippen LogP contribution in [-0.4, -0.2) is 47.0 Å². The zero-order chi connectivity index (χ0) is 18.7. The molecule has 1 aromatic rings. The Morgan fingerprint density at radius 1 is 1.31 bits per heavy atom. The van der Waals surface area contributed by atoms with Gasteiger partial charge in [0.15, 0.2) is 5.69 Å². The van der Waals surface area contributed by atoms with E-state index in [1.54, 1.807) is 6.07 Å². The summed E-state index contributed by atoms with van der Waals surface area (Å²) in [5.41, 5.74) is 6.25. The fourth-order valence-corrected chi connectivity index (χ4v) is 3.63. The summed E-state index contributed by atoms with van der Waals surface area (Å²) < 4.78 is 5.23. The topological polar surface area (TPSA) is 101 Å². The number of hydrogen-bond acceptors (Lipinski definition) is 5. The first-order valence-electron chi connectivity index (χ1n) is 9.79. The van der Waals surface area contributed by atoms with Crippen LogP contribution in [0.25, 0.3) is 0 Å². The molecule has 0 aromatic carbocycles. The second-order valence-corrected chi connectivity index (χ2v) is 7.75. The van der Waals surface area contributed by atoms with Gasteiger partial charge in [-0.05, 0) is 52.4 Å². The zero-order valence-electron chi connectivity index (χ0n) is 15.7. The average Bonchev–Trinajstić information content (AvgIpc) is 3.36. The Labute approximate surface area is 154 Å². The summed E-state index contributed by atoms with van der Waals surface area (Å²) >= 11 is 0. The normalized spacial score (nSPS) is 24.1. The lowest BCUT2D eigenvalue weighted by Gasteiger charge is -2.32. The molecule has 0 bridgehead atoms. The maximum absolute atomic E-state index is 12.8. The molecule has 0 unspecified atom stereocenters. The van der Waals surface area contributed by atoms with Crippen LogP contribution in [0.15, 0.2) is 10.6 Å². The quantitative estimate of drug-likeness (QED) is 0.773. The molecule has 2 aliphatic carbocycles. The Morgan fingerprint density at radius 3 is 2.62 bits per heavy atom. The number of nitrogens with zero attached hydrogens (tertiary/aromatic N) is 2. The van der Waals surface area contributed by atoms with Crippen molar-refractivity contribution in [1.82, 2.24) is 15.4 Å². The Morgan fingerprint density at radius 2 is 2.00 bits per heavy atom. The largest absolute Gasteiger partial charge is 0.360 e. The molecule has 144 valence electrons. The van der Waals surface area contributed by atoms with Crippen LogP contribution in [0.3, 0.4) is 0 Å². The van der Waals surface area contributed by atoms with Gasteiger partial charge in [0.25, 0.3) is 5.91 Å². The van der Waals surface area contributed by atoms with Crippen molar-refractivity contribution in [1.29, 1.82) is 0 Å². The van der Waals surface area contributed by atoms with Crippen LogP contribution in [0.1, 0.15) is 74.5 Å². The summed E-state index contributed by atoms with van der Waals surface area (Å²) in [5, 5.41) is 6.79. The second-order valence-electron chi connectivity index (χ2n) is 7.75. The van der Waals surface area contributed by atoms with E-state index in [1.165, 1.54) is 0 Å². The molecule has 2 saturated carbocycles. The van der Waals surface area contributed by atoms with Gasteiger partial charge in [0, 0.05) is 43.1 Å². The van der Waals surface area contributed by atoms with E-state index in [-0.39, 0.29) is 29.8 Å². The van der Waals surface area contributed by atoms with Crippen molar-refractivity contribution in [3.8, 4) is 0 Å². The number of carbonyl (C=O) groups excluding carboxylic acids is 2. The molecule has 26 heavy (non-hydrogen) atoms. The van der Waals surface area contributed by atoms with E-state index in [0.717, 1.165) is 44.3 Å². The zero-order valence-corrected chi connectivity index (χ0v) is 15.7. The highest BCUT2D eigenvalue weighted by Crippen LogP contribution is 2.40. The fraction of sp³-hybridized carbons (Fsp3) is 0.737. The van der Waals surface area contributed by atoms with E-state index >= 15 is 0 Å². The number of aromatic nitrogens is 1. The predicted molar refractivity (Wildman–Crippen MR) is 97.6 cm³/mol. The third-order valence-corrected chi connectivity index (χ3v) is 5.43. The lowest BCUT2D eigenvalue weighted by atomic mass is 9.85. The molecule has 2 fully saturated rings. The van der Waals surface area contributed by atoms with E-state index in [1.807, 2.05) is 18.7 Å². The molecule has 0 radical (unpaired) electrons. The molecule has 7 nitrogen and oxygen atoms in total. The van der Waals surface area contributed by atoms with Crippen LogP contribution in [0.4, 0.5) is 0 Å². The van der Waals surface area contributed by atoms with Crippen molar-refractivity contribution < 1.29 is 14.1 Å². The van der Waals surface area contributed by atoms with Crippen LogP contribution in [0, 0.1) is 5.92 Å². The molecule has 2 aliphatic rings. The van der Waals surface area contributed by atoms with Gasteiger partial charge in [0.2, 0.25) is 5.91 Å². The summed E-state index contributed by atoms with van der Waals surface area (Å²) in [7, 11) is 0. The van der Waals surface area contributed by atoms with Crippen molar-refractivity contribution in [3.05, 3.63) is 17.5 Å². The molecular formula is C19H30N4O3. The van der Waals surface area contributed by atoms with Crippen molar-refractivity contribution in [2.45, 2.75) is 70.4 Å². The third kappa shape index (κ3) is 4.63. The minimum absolute atomic E-state index is 0.0642. The monoisotopic (exact) mass is 362 g/mol. The van der Waals surface area contributed by atoms with Crippen molar-refractivity contribution in [2.75, 3.05) is 13.1 Å². The minimum atomic E-state index is -0.250. The van der Waals surface area contributed by atoms with Crippen molar-refractivity contribution >= 4 is 11.8 Å². The first kappa shape index (κ1) is 18.9. The molecule has 0 saturated heterocycles. The summed E-state index contributed by atoms with van der Waals surface area (Å²) in [5.74, 6) is 1.22. The molecular weight excluding hydrogens is 332 g/mol. The number of carbonyl (C=O) groups is 2. The van der Waals surface area contributed by atoms with E-state index < -0.39 is 0 Å². The summed E-state index contributed by atoms with van der Waals surface area (Å²) in [6.07, 6.45) is 5.75. The van der Waals surface area contributed by atoms with Gasteiger partial charge in [0.1, 0.15) is 5.76 Å². The lowest BCUT2D eigenvalue weighted by Crippen LogP contribution is -2.47. The van der Waals surface area contributed by atoms with Crippen LogP contribution in [-0.2, 0) is 4.79 Å². The maximum atomic E-state index is 12.8. The van der Waals surface area contributed by atoms with Crippen molar-refractivity contribution in [2.24, 2.45) is 11.7 Å². The van der Waals surface area contributed by atoms with E-state index in [0.29, 0.717) is 24.7 Å². The highest BCUT2D eigenvalue weighted by molar-refractivity contribution is 5.92. The molecule has 3 N–H and O–H groups in total. The van der Waals surface area contributed by atoms with Crippen LogP contribution >= 0.6 is 0 Å². The summed E-state index contributed by atoms with van der Waals surface area (Å²) in [6, 6.07) is 1.81. The first-order valence-corrected chi connectivity index (χ1v) is 9.79. The number of rotatable bonds is 7. The minimum Gasteiger partial charge on any atom is -0.360 e. The molecule has 1 heterocycles. The summed E-state index contributed by atoms with van der Waals surface area (Å²) in [6.45, 7) is 5.02. The van der Waals surface area contributed by atoms with Gasteiger partial charge < -0.3 is 20.5 Å². The van der Waals surface area contributed by atoms with Crippen LogP contribution < -0.4 is 11.1 Å². The Bertz CT molecular complexity index is 632. The third-order valence-electron chi connectivity index (χ3n) is 5.43. The van der Waals surface area contributed by atoms with Crippen molar-refractivity contribution in [3.63, 3.8) is 0 Å². The highest BCUT2D eigenvalue weighted by Gasteiger charge is 2.30. The average molecular weight is 362 g/mol. The second kappa shape index (κ2) is 8.20. The highest BCUT2D eigenvalue weighted by atomic mass is 16.5. The molecule has 3 rings (SSSR count). The van der Waals surface area contributed by atoms with Crippen LogP contribution in [0.5, 0.6) is 0 Å². The number of likely N-dealkylation sites (N-methyl/N-ethyl adjacent to an activating group) is 1. The number of nitrogens with one attached hydrogen (secondary N) is 1. The number of nitrogens with two attached hydrogens (primary N) is 1. The molecule has 0 aliphatic heterocycles. The predicted octanol–water partition coefficient (Wildman–Crippen LogP) is 2.04. The SMILES string of the molecule is CCN(C[C@@H](C)NC(=O)c1cc(C2CC2)on1)C(=O)C1CCC(N)CC1. The maximum Gasteiger partial charge on any atom is 0.273 e. The Hall–Kier alpha value is -1.89. The van der Waals surface area contributed by atoms with Gasteiger partial charge in [0.05, 0.1) is 0 Å². The van der Waals surface area contributed by atoms with E-state index in [4.69, 9.17) is 10.3 Å². The first-order chi connectivity index (χ1) is 12.5. The van der Waals surface area contributed by atoms with Gasteiger partial charge in [-0.1, -0.05) is 5.16 Å². The molecule has 1 atom stereocenters. The number of hydrogen-bond donors (Lipinski definition) is 2. The van der Waals surface area contributed by atoms with Gasteiger partial charge in [-0.3, -0.25) is 9.59 Å². The van der Waals surface area contributed by atoms with E-state index in [2.05, 4.69) is 10.5 Å². The van der Waals surface area contributed by atoms with Gasteiger partial charge >= 0.3 is 0 Å². The standard InChI is InChI=1S/C19H30N4O3/c1-3-23(19(25)14-6-8-15(20)9-7-14)11-12(2)21-18(24)16-10-17(26-22-16)13-4-5-13/h10,12-15H,3-9,11,20H2,1-2H3,(H,21,24)/t12-,14?,15?/m1/s1. The Balaban J connectivity index is 1.50.